The summed E-state index contributed by atoms with van der Waals surface area (Å²) >= 11 is 6.24. The first-order chi connectivity index (χ1) is 14.6. The number of imide groups is 1. The second-order valence-electron chi connectivity index (χ2n) is 7.26. The van der Waals surface area contributed by atoms with Crippen LogP contribution in [0.1, 0.15) is 27.1 Å². The van der Waals surface area contributed by atoms with E-state index in [0.717, 1.165) is 22.2 Å². The van der Waals surface area contributed by atoms with Crippen molar-refractivity contribution in [2.24, 2.45) is 0 Å². The SMILES string of the molecule is O=C1c2ccccc2C(=O)N1CCCn1nc(-c2ccccc2)c2cc(Cl)ccc21. The molecule has 4 aromatic rings. The highest BCUT2D eigenvalue weighted by Crippen LogP contribution is 2.30. The third-order valence-corrected chi connectivity index (χ3v) is 5.62. The fourth-order valence-electron chi connectivity index (χ4n) is 3.95. The molecule has 0 bridgehead atoms. The maximum atomic E-state index is 12.6. The summed E-state index contributed by atoms with van der Waals surface area (Å²) in [7, 11) is 0. The van der Waals surface area contributed by atoms with E-state index >= 15 is 0 Å². The number of halogens is 1. The highest BCUT2D eigenvalue weighted by Gasteiger charge is 2.34. The van der Waals surface area contributed by atoms with E-state index in [-0.39, 0.29) is 11.8 Å². The molecule has 0 fully saturated rings. The van der Waals surface area contributed by atoms with Gasteiger partial charge in [-0.2, -0.15) is 5.10 Å². The molecule has 0 radical (unpaired) electrons. The number of rotatable bonds is 5. The van der Waals surface area contributed by atoms with E-state index in [9.17, 15) is 9.59 Å². The van der Waals surface area contributed by atoms with Crippen LogP contribution in [0.5, 0.6) is 0 Å². The van der Waals surface area contributed by atoms with Gasteiger partial charge in [0.05, 0.1) is 16.6 Å². The fraction of sp³-hybridized carbons (Fsp3) is 0.125. The van der Waals surface area contributed by atoms with Crippen LogP contribution in [0, 0.1) is 0 Å². The van der Waals surface area contributed by atoms with Gasteiger partial charge in [0.2, 0.25) is 0 Å². The molecule has 5 rings (SSSR count). The van der Waals surface area contributed by atoms with Crippen LogP contribution >= 0.6 is 11.6 Å². The molecule has 1 aliphatic rings. The van der Waals surface area contributed by atoms with Crippen molar-refractivity contribution in [2.45, 2.75) is 13.0 Å². The molecule has 2 amide bonds. The minimum atomic E-state index is -0.224. The maximum absolute atomic E-state index is 12.6. The van der Waals surface area contributed by atoms with Gasteiger partial charge in [0.25, 0.3) is 11.8 Å². The Morgan fingerprint density at radius 3 is 2.17 bits per heavy atom. The third-order valence-electron chi connectivity index (χ3n) is 5.39. The first-order valence-corrected chi connectivity index (χ1v) is 10.2. The summed E-state index contributed by atoms with van der Waals surface area (Å²) in [5.41, 5.74) is 3.82. The van der Waals surface area contributed by atoms with Gasteiger partial charge in [-0.1, -0.05) is 54.1 Å². The summed E-state index contributed by atoms with van der Waals surface area (Å²) in [6.45, 7) is 0.931. The molecule has 0 N–H and O–H groups in total. The normalized spacial score (nSPS) is 13.3. The van der Waals surface area contributed by atoms with E-state index < -0.39 is 0 Å². The average Bonchev–Trinajstić information content (AvgIpc) is 3.25. The molecule has 1 aromatic heterocycles. The standard InChI is InChI=1S/C24H18ClN3O2/c25-17-11-12-21-20(15-17)22(16-7-2-1-3-8-16)26-28(21)14-6-13-27-23(29)18-9-4-5-10-19(18)24(27)30/h1-5,7-12,15H,6,13-14H2. The quantitative estimate of drug-likeness (QED) is 0.429. The topological polar surface area (TPSA) is 55.2 Å². The third kappa shape index (κ3) is 3.08. The smallest absolute Gasteiger partial charge is 0.261 e. The lowest BCUT2D eigenvalue weighted by Crippen LogP contribution is -2.31. The number of fused-ring (bicyclic) bond motifs is 2. The molecular weight excluding hydrogens is 398 g/mol. The Labute approximate surface area is 178 Å². The maximum Gasteiger partial charge on any atom is 0.261 e. The van der Waals surface area contributed by atoms with Crippen LogP contribution in [0.25, 0.3) is 22.2 Å². The van der Waals surface area contributed by atoms with Crippen LogP contribution in [0.2, 0.25) is 5.02 Å². The van der Waals surface area contributed by atoms with Crippen LogP contribution in [-0.2, 0) is 6.54 Å². The zero-order valence-corrected chi connectivity index (χ0v) is 16.8. The Morgan fingerprint density at radius 1 is 0.800 bits per heavy atom. The van der Waals surface area contributed by atoms with E-state index in [1.165, 1.54) is 4.90 Å². The number of aromatic nitrogens is 2. The van der Waals surface area contributed by atoms with E-state index in [0.29, 0.717) is 35.7 Å². The monoisotopic (exact) mass is 415 g/mol. The van der Waals surface area contributed by atoms with Crippen molar-refractivity contribution in [3.63, 3.8) is 0 Å². The van der Waals surface area contributed by atoms with E-state index in [2.05, 4.69) is 0 Å². The molecular formula is C24H18ClN3O2. The van der Waals surface area contributed by atoms with Crippen molar-refractivity contribution in [1.29, 1.82) is 0 Å². The zero-order chi connectivity index (χ0) is 20.7. The largest absolute Gasteiger partial charge is 0.274 e. The number of benzene rings is 3. The summed E-state index contributed by atoms with van der Waals surface area (Å²) in [4.78, 5) is 26.4. The second-order valence-corrected chi connectivity index (χ2v) is 7.70. The number of hydrogen-bond donors (Lipinski definition) is 0. The summed E-state index contributed by atoms with van der Waals surface area (Å²) in [5, 5.41) is 6.45. The van der Waals surface area contributed by atoms with Crippen molar-refractivity contribution in [3.8, 4) is 11.3 Å². The molecule has 0 saturated carbocycles. The molecule has 1 aliphatic heterocycles. The Kier molecular flexibility index (Phi) is 4.60. The molecule has 0 unspecified atom stereocenters. The lowest BCUT2D eigenvalue weighted by atomic mass is 10.1. The second kappa shape index (κ2) is 7.43. The Bertz CT molecular complexity index is 1250. The average molecular weight is 416 g/mol. The number of nitrogens with zero attached hydrogens (tertiary/aromatic N) is 3. The number of hydrogen-bond acceptors (Lipinski definition) is 3. The van der Waals surface area contributed by atoms with Gasteiger partial charge in [-0.3, -0.25) is 19.2 Å². The first kappa shape index (κ1) is 18.6. The van der Waals surface area contributed by atoms with Gasteiger partial charge in [0, 0.05) is 29.1 Å². The van der Waals surface area contributed by atoms with Crippen molar-refractivity contribution in [2.75, 3.05) is 6.54 Å². The Morgan fingerprint density at radius 2 is 1.47 bits per heavy atom. The zero-order valence-electron chi connectivity index (χ0n) is 16.1. The molecule has 148 valence electrons. The predicted octanol–water partition coefficient (Wildman–Crippen LogP) is 5.04. The predicted molar refractivity (Wildman–Crippen MR) is 117 cm³/mol. The number of carbonyl (C=O) groups excluding carboxylic acids is 2. The number of aryl methyl sites for hydroxylation is 1. The molecule has 6 heteroatoms. The summed E-state index contributed by atoms with van der Waals surface area (Å²) in [6.07, 6.45) is 0.610. The molecule has 3 aromatic carbocycles. The van der Waals surface area contributed by atoms with Gasteiger partial charge < -0.3 is 0 Å². The molecule has 0 saturated heterocycles. The Hall–Kier alpha value is -3.44. The number of amides is 2. The van der Waals surface area contributed by atoms with Crippen molar-refractivity contribution < 1.29 is 9.59 Å². The van der Waals surface area contributed by atoms with E-state index in [1.54, 1.807) is 24.3 Å². The lowest BCUT2D eigenvalue weighted by Gasteiger charge is -2.13. The van der Waals surface area contributed by atoms with Gasteiger partial charge >= 0.3 is 0 Å². The number of carbonyl (C=O) groups is 2. The van der Waals surface area contributed by atoms with Crippen LogP contribution in [0.15, 0.2) is 72.8 Å². The molecule has 0 atom stereocenters. The molecule has 2 heterocycles. The van der Waals surface area contributed by atoms with Gasteiger partial charge in [0.15, 0.2) is 0 Å². The van der Waals surface area contributed by atoms with Crippen LogP contribution in [0.3, 0.4) is 0 Å². The summed E-state index contributed by atoms with van der Waals surface area (Å²) in [6, 6.07) is 22.7. The van der Waals surface area contributed by atoms with Gasteiger partial charge in [-0.15, -0.1) is 0 Å². The highest BCUT2D eigenvalue weighted by atomic mass is 35.5. The lowest BCUT2D eigenvalue weighted by molar-refractivity contribution is 0.0650. The van der Waals surface area contributed by atoms with E-state index in [4.69, 9.17) is 16.7 Å². The van der Waals surface area contributed by atoms with Crippen molar-refractivity contribution >= 4 is 34.3 Å². The highest BCUT2D eigenvalue weighted by molar-refractivity contribution is 6.31. The van der Waals surface area contributed by atoms with Gasteiger partial charge in [0.1, 0.15) is 5.69 Å². The fourth-order valence-corrected chi connectivity index (χ4v) is 4.12. The van der Waals surface area contributed by atoms with Gasteiger partial charge in [-0.25, -0.2) is 0 Å². The summed E-state index contributed by atoms with van der Waals surface area (Å²) in [5.74, 6) is -0.449. The van der Waals surface area contributed by atoms with Crippen LogP contribution < -0.4 is 0 Å². The summed E-state index contributed by atoms with van der Waals surface area (Å²) < 4.78 is 1.92. The first-order valence-electron chi connectivity index (χ1n) is 9.80. The van der Waals surface area contributed by atoms with Crippen LogP contribution in [0.4, 0.5) is 0 Å². The minimum absolute atomic E-state index is 0.224. The molecule has 30 heavy (non-hydrogen) atoms. The van der Waals surface area contributed by atoms with Gasteiger partial charge in [-0.05, 0) is 36.8 Å². The van der Waals surface area contributed by atoms with Crippen molar-refractivity contribution in [3.05, 3.63) is 88.9 Å². The Balaban J connectivity index is 1.39. The molecule has 0 spiro atoms. The molecule has 5 nitrogen and oxygen atoms in total. The van der Waals surface area contributed by atoms with Crippen LogP contribution in [-0.4, -0.2) is 33.0 Å². The molecule has 0 aliphatic carbocycles. The minimum Gasteiger partial charge on any atom is -0.274 e. The van der Waals surface area contributed by atoms with E-state index in [1.807, 2.05) is 53.2 Å². The van der Waals surface area contributed by atoms with Crippen molar-refractivity contribution in [1.82, 2.24) is 14.7 Å².